The first kappa shape index (κ1) is 15.5. The number of hydrogen-bond donors (Lipinski definition) is 1. The van der Waals surface area contributed by atoms with Crippen molar-refractivity contribution in [1.29, 1.82) is 0 Å². The average molecular weight is 336 g/mol. The lowest BCUT2D eigenvalue weighted by Gasteiger charge is -2.17. The Labute approximate surface area is 136 Å². The van der Waals surface area contributed by atoms with Gasteiger partial charge in [-0.2, -0.15) is 0 Å². The van der Waals surface area contributed by atoms with E-state index in [0.717, 1.165) is 18.4 Å². The number of aryl methyl sites for hydroxylation is 1. The molecule has 0 aromatic heterocycles. The van der Waals surface area contributed by atoms with Crippen LogP contribution < -0.4 is 4.72 Å². The van der Waals surface area contributed by atoms with E-state index >= 15 is 0 Å². The Bertz CT molecular complexity index is 784. The Kier molecular flexibility index (Phi) is 4.02. The van der Waals surface area contributed by atoms with Crippen LogP contribution in [0.25, 0.3) is 0 Å². The Balaban J connectivity index is 1.77. The summed E-state index contributed by atoms with van der Waals surface area (Å²) in [6, 6.07) is 14.8. The van der Waals surface area contributed by atoms with Gasteiger partial charge in [-0.25, -0.2) is 13.1 Å². The predicted molar refractivity (Wildman–Crippen MR) is 88.7 cm³/mol. The Morgan fingerprint density at radius 1 is 1.14 bits per heavy atom. The standard InChI is InChI=1S/C17H18ClNO2S/c1-13-11-15(7-8-16(13)18)22(20,21)19-12-17(9-10-17)14-5-3-2-4-6-14/h2-8,11,19H,9-10,12H2,1H3. The molecule has 0 atom stereocenters. The van der Waals surface area contributed by atoms with Crippen LogP contribution in [0.3, 0.4) is 0 Å². The molecule has 1 aliphatic rings. The first-order chi connectivity index (χ1) is 10.4. The van der Waals surface area contributed by atoms with Gasteiger partial charge in [0.1, 0.15) is 0 Å². The van der Waals surface area contributed by atoms with Crippen LogP contribution in [0.4, 0.5) is 0 Å². The zero-order valence-electron chi connectivity index (χ0n) is 12.3. The van der Waals surface area contributed by atoms with Crippen molar-refractivity contribution in [2.24, 2.45) is 0 Å². The minimum atomic E-state index is -3.51. The van der Waals surface area contributed by atoms with Gasteiger partial charge in [0, 0.05) is 17.0 Å². The summed E-state index contributed by atoms with van der Waals surface area (Å²) in [6.07, 6.45) is 2.03. The summed E-state index contributed by atoms with van der Waals surface area (Å²) in [5.41, 5.74) is 1.91. The fraction of sp³-hybridized carbons (Fsp3) is 0.294. The van der Waals surface area contributed by atoms with Crippen LogP contribution in [0.1, 0.15) is 24.0 Å². The van der Waals surface area contributed by atoms with Gasteiger partial charge in [-0.1, -0.05) is 41.9 Å². The van der Waals surface area contributed by atoms with Gasteiger partial charge in [-0.3, -0.25) is 0 Å². The first-order valence-electron chi connectivity index (χ1n) is 7.24. The molecular formula is C17H18ClNO2S. The van der Waals surface area contributed by atoms with E-state index in [2.05, 4.69) is 16.9 Å². The van der Waals surface area contributed by atoms with E-state index in [1.54, 1.807) is 25.1 Å². The molecule has 0 radical (unpaired) electrons. The lowest BCUT2D eigenvalue weighted by molar-refractivity contribution is 0.567. The number of sulfonamides is 1. The molecule has 3 rings (SSSR count). The van der Waals surface area contributed by atoms with E-state index in [1.807, 2.05) is 18.2 Å². The third-order valence-corrected chi connectivity index (χ3v) is 6.10. The summed E-state index contributed by atoms with van der Waals surface area (Å²) in [5.74, 6) is 0. The fourth-order valence-corrected chi connectivity index (χ4v) is 3.94. The smallest absolute Gasteiger partial charge is 0.210 e. The molecule has 0 unspecified atom stereocenters. The van der Waals surface area contributed by atoms with Crippen LogP contribution in [0.2, 0.25) is 5.02 Å². The topological polar surface area (TPSA) is 46.2 Å². The van der Waals surface area contributed by atoms with Crippen LogP contribution in [0, 0.1) is 6.92 Å². The first-order valence-corrected chi connectivity index (χ1v) is 9.10. The molecule has 0 aliphatic heterocycles. The largest absolute Gasteiger partial charge is 0.240 e. The summed E-state index contributed by atoms with van der Waals surface area (Å²) in [4.78, 5) is 0.262. The SMILES string of the molecule is Cc1cc(S(=O)(=O)NCC2(c3ccccc3)CC2)ccc1Cl. The maximum Gasteiger partial charge on any atom is 0.240 e. The number of hydrogen-bond acceptors (Lipinski definition) is 2. The van der Waals surface area contributed by atoms with Crippen LogP contribution in [0.5, 0.6) is 0 Å². The van der Waals surface area contributed by atoms with E-state index in [0.29, 0.717) is 11.6 Å². The van der Waals surface area contributed by atoms with Gasteiger partial charge < -0.3 is 0 Å². The molecule has 1 fully saturated rings. The van der Waals surface area contributed by atoms with Gasteiger partial charge in [-0.15, -0.1) is 0 Å². The van der Waals surface area contributed by atoms with Gasteiger partial charge in [0.25, 0.3) is 0 Å². The highest BCUT2D eigenvalue weighted by Crippen LogP contribution is 2.47. The lowest BCUT2D eigenvalue weighted by Crippen LogP contribution is -2.32. The Morgan fingerprint density at radius 3 is 2.41 bits per heavy atom. The van der Waals surface area contributed by atoms with Crippen molar-refractivity contribution >= 4 is 21.6 Å². The van der Waals surface area contributed by atoms with E-state index < -0.39 is 10.0 Å². The van der Waals surface area contributed by atoms with Crippen LogP contribution >= 0.6 is 11.6 Å². The van der Waals surface area contributed by atoms with Gasteiger partial charge >= 0.3 is 0 Å². The lowest BCUT2D eigenvalue weighted by atomic mass is 9.96. The average Bonchev–Trinajstić information content (AvgIpc) is 3.30. The van der Waals surface area contributed by atoms with Crippen LogP contribution in [0.15, 0.2) is 53.4 Å². The summed E-state index contributed by atoms with van der Waals surface area (Å²) >= 11 is 5.96. The highest BCUT2D eigenvalue weighted by molar-refractivity contribution is 7.89. The molecule has 22 heavy (non-hydrogen) atoms. The Morgan fingerprint density at radius 2 is 1.82 bits per heavy atom. The van der Waals surface area contributed by atoms with Crippen LogP contribution in [-0.2, 0) is 15.4 Å². The van der Waals surface area contributed by atoms with Gasteiger partial charge in [0.05, 0.1) is 4.90 Å². The third kappa shape index (κ3) is 3.05. The molecule has 5 heteroatoms. The van der Waals surface area contributed by atoms with Crippen molar-refractivity contribution in [3.63, 3.8) is 0 Å². The van der Waals surface area contributed by atoms with E-state index in [1.165, 1.54) is 5.56 Å². The maximum absolute atomic E-state index is 12.4. The zero-order chi connectivity index (χ0) is 15.8. The van der Waals surface area contributed by atoms with E-state index in [4.69, 9.17) is 11.6 Å². The van der Waals surface area contributed by atoms with E-state index in [9.17, 15) is 8.42 Å². The Hall–Kier alpha value is -1.36. The van der Waals surface area contributed by atoms with Crippen molar-refractivity contribution in [3.8, 4) is 0 Å². The second-order valence-corrected chi connectivity index (χ2v) is 8.06. The predicted octanol–water partition coefficient (Wildman–Crippen LogP) is 3.66. The van der Waals surface area contributed by atoms with Crippen molar-refractivity contribution in [2.75, 3.05) is 6.54 Å². The summed E-state index contributed by atoms with van der Waals surface area (Å²) < 4.78 is 27.6. The monoisotopic (exact) mass is 335 g/mol. The molecule has 2 aromatic rings. The molecule has 2 aromatic carbocycles. The molecule has 0 saturated heterocycles. The number of nitrogens with one attached hydrogen (secondary N) is 1. The van der Waals surface area contributed by atoms with Crippen molar-refractivity contribution in [1.82, 2.24) is 4.72 Å². The molecule has 116 valence electrons. The molecule has 0 bridgehead atoms. The summed E-state index contributed by atoms with van der Waals surface area (Å²) in [7, 11) is -3.51. The molecule has 1 N–H and O–H groups in total. The number of rotatable bonds is 5. The van der Waals surface area contributed by atoms with Gasteiger partial charge in [0.2, 0.25) is 10.0 Å². The third-order valence-electron chi connectivity index (χ3n) is 4.28. The maximum atomic E-state index is 12.4. The molecule has 3 nitrogen and oxygen atoms in total. The highest BCUT2D eigenvalue weighted by atomic mass is 35.5. The van der Waals surface area contributed by atoms with Gasteiger partial charge in [-0.05, 0) is 49.1 Å². The zero-order valence-corrected chi connectivity index (χ0v) is 13.9. The molecule has 1 saturated carbocycles. The molecule has 1 aliphatic carbocycles. The van der Waals surface area contributed by atoms with Crippen LogP contribution in [-0.4, -0.2) is 15.0 Å². The molecule has 0 spiro atoms. The molecular weight excluding hydrogens is 318 g/mol. The molecule has 0 heterocycles. The second kappa shape index (κ2) is 5.69. The minimum Gasteiger partial charge on any atom is -0.210 e. The fourth-order valence-electron chi connectivity index (χ4n) is 2.61. The van der Waals surface area contributed by atoms with Crippen molar-refractivity contribution in [3.05, 3.63) is 64.7 Å². The van der Waals surface area contributed by atoms with Crippen molar-refractivity contribution in [2.45, 2.75) is 30.1 Å². The summed E-state index contributed by atoms with van der Waals surface area (Å²) in [5, 5.41) is 0.571. The van der Waals surface area contributed by atoms with Gasteiger partial charge in [0.15, 0.2) is 0 Å². The quantitative estimate of drug-likeness (QED) is 0.906. The second-order valence-electron chi connectivity index (χ2n) is 5.88. The minimum absolute atomic E-state index is 0.0458. The highest BCUT2D eigenvalue weighted by Gasteiger charge is 2.44. The van der Waals surface area contributed by atoms with E-state index in [-0.39, 0.29) is 10.3 Å². The number of halogens is 1. The van der Waals surface area contributed by atoms with Crippen molar-refractivity contribution < 1.29 is 8.42 Å². The molecule has 0 amide bonds. The normalized spacial score (nSPS) is 16.5. The summed E-state index contributed by atoms with van der Waals surface area (Å²) in [6.45, 7) is 2.23. The number of benzene rings is 2.